The third kappa shape index (κ3) is 9.07. The highest BCUT2D eigenvalue weighted by molar-refractivity contribution is 7.89. The second-order valence-corrected chi connectivity index (χ2v) is 13.9. The van der Waals surface area contributed by atoms with E-state index in [4.69, 9.17) is 27.9 Å². The number of ether oxygens (including phenoxy) is 1. The van der Waals surface area contributed by atoms with E-state index in [1.54, 1.807) is 41.3 Å². The van der Waals surface area contributed by atoms with E-state index in [9.17, 15) is 27.1 Å². The SMILES string of the molecule is O=C(c1ccc(CN(Cc2ccc(F)cc2)S(=O)(=O)c2cc(Cl)cc(Cl)c2O)cc1)N(CCN1CCOCC1)Cc1ccc(F)cc1. The predicted molar refractivity (Wildman–Crippen MR) is 176 cm³/mol. The van der Waals surface area contributed by atoms with Gasteiger partial charge in [-0.15, -0.1) is 0 Å². The van der Waals surface area contributed by atoms with Crippen LogP contribution >= 0.6 is 23.2 Å². The molecule has 0 bridgehead atoms. The Morgan fingerprint density at radius 1 is 0.809 bits per heavy atom. The summed E-state index contributed by atoms with van der Waals surface area (Å²) >= 11 is 12.1. The van der Waals surface area contributed by atoms with E-state index in [2.05, 4.69) is 4.90 Å². The maximum Gasteiger partial charge on any atom is 0.254 e. The van der Waals surface area contributed by atoms with Gasteiger partial charge in [-0.2, -0.15) is 4.31 Å². The van der Waals surface area contributed by atoms with Gasteiger partial charge in [0.15, 0.2) is 5.75 Å². The van der Waals surface area contributed by atoms with Crippen molar-refractivity contribution in [3.05, 3.63) is 129 Å². The third-order valence-corrected chi connectivity index (χ3v) is 10.1. The Morgan fingerprint density at radius 2 is 1.32 bits per heavy atom. The summed E-state index contributed by atoms with van der Waals surface area (Å²) < 4.78 is 61.4. The van der Waals surface area contributed by atoms with Crippen LogP contribution in [0.2, 0.25) is 10.0 Å². The number of phenolic OH excluding ortho intramolecular Hbond substituents is 1. The van der Waals surface area contributed by atoms with Crippen molar-refractivity contribution in [3.8, 4) is 5.75 Å². The van der Waals surface area contributed by atoms with Crippen molar-refractivity contribution in [2.45, 2.75) is 24.5 Å². The van der Waals surface area contributed by atoms with Crippen molar-refractivity contribution in [3.63, 3.8) is 0 Å². The third-order valence-electron chi connectivity index (χ3n) is 7.81. The van der Waals surface area contributed by atoms with Crippen LogP contribution in [-0.4, -0.2) is 72.9 Å². The van der Waals surface area contributed by atoms with Crippen molar-refractivity contribution in [2.75, 3.05) is 39.4 Å². The number of morpholine rings is 1. The van der Waals surface area contributed by atoms with E-state index in [0.29, 0.717) is 43.0 Å². The molecule has 0 aromatic heterocycles. The highest BCUT2D eigenvalue weighted by Crippen LogP contribution is 2.36. The number of phenols is 1. The van der Waals surface area contributed by atoms with Crippen LogP contribution in [0, 0.1) is 11.6 Å². The first kappa shape index (κ1) is 34.7. The van der Waals surface area contributed by atoms with Crippen LogP contribution in [0.5, 0.6) is 5.75 Å². The molecule has 1 amide bonds. The van der Waals surface area contributed by atoms with Crippen LogP contribution < -0.4 is 0 Å². The number of carbonyl (C=O) groups excluding carboxylic acids is 1. The molecule has 1 aliphatic rings. The van der Waals surface area contributed by atoms with Gasteiger partial charge in [-0.25, -0.2) is 17.2 Å². The number of aromatic hydroxyl groups is 1. The van der Waals surface area contributed by atoms with Gasteiger partial charge >= 0.3 is 0 Å². The number of amides is 1. The number of carbonyl (C=O) groups is 1. The molecule has 1 N–H and O–H groups in total. The number of benzene rings is 4. The molecule has 5 rings (SSSR count). The van der Waals surface area contributed by atoms with Crippen LogP contribution in [0.15, 0.2) is 89.8 Å². The summed E-state index contributed by atoms with van der Waals surface area (Å²) in [4.78, 5) is 17.2. The fourth-order valence-corrected chi connectivity index (χ4v) is 7.35. The van der Waals surface area contributed by atoms with Gasteiger partial charge in [0.05, 0.1) is 18.2 Å². The van der Waals surface area contributed by atoms with E-state index in [-0.39, 0.29) is 41.4 Å². The van der Waals surface area contributed by atoms with Gasteiger partial charge in [-0.1, -0.05) is 59.6 Å². The fraction of sp³-hybridized carbons (Fsp3) is 0.265. The summed E-state index contributed by atoms with van der Waals surface area (Å²) in [6, 6.07) is 20.3. The van der Waals surface area contributed by atoms with Crippen molar-refractivity contribution in [1.82, 2.24) is 14.1 Å². The first-order valence-corrected chi connectivity index (χ1v) is 17.0. The molecule has 0 unspecified atom stereocenters. The summed E-state index contributed by atoms with van der Waals surface area (Å²) in [5.41, 5.74) is 2.23. The maximum atomic E-state index is 13.9. The average molecular weight is 705 g/mol. The van der Waals surface area contributed by atoms with Gasteiger partial charge in [0.1, 0.15) is 16.5 Å². The summed E-state index contributed by atoms with van der Waals surface area (Å²) in [5, 5.41) is 10.4. The summed E-state index contributed by atoms with van der Waals surface area (Å²) in [5.74, 6) is -1.70. The molecular formula is C34H33Cl2F2N3O5S. The Morgan fingerprint density at radius 3 is 1.87 bits per heavy atom. The lowest BCUT2D eigenvalue weighted by Crippen LogP contribution is -2.42. The predicted octanol–water partition coefficient (Wildman–Crippen LogP) is 6.34. The van der Waals surface area contributed by atoms with Crippen molar-refractivity contribution in [2.24, 2.45) is 0 Å². The second kappa shape index (κ2) is 15.5. The monoisotopic (exact) mass is 703 g/mol. The van der Waals surface area contributed by atoms with Gasteiger partial charge < -0.3 is 14.7 Å². The summed E-state index contributed by atoms with van der Waals surface area (Å²) in [6.07, 6.45) is 0. The minimum atomic E-state index is -4.37. The molecule has 13 heteroatoms. The number of hydrogen-bond donors (Lipinski definition) is 1. The molecule has 0 spiro atoms. The first-order valence-electron chi connectivity index (χ1n) is 14.8. The zero-order valence-electron chi connectivity index (χ0n) is 25.3. The van der Waals surface area contributed by atoms with E-state index in [1.165, 1.54) is 42.5 Å². The lowest BCUT2D eigenvalue weighted by atomic mass is 10.1. The molecule has 0 atom stereocenters. The quantitative estimate of drug-likeness (QED) is 0.185. The van der Waals surface area contributed by atoms with Crippen molar-refractivity contribution >= 4 is 39.1 Å². The van der Waals surface area contributed by atoms with E-state index < -0.39 is 26.5 Å². The van der Waals surface area contributed by atoms with Gasteiger partial charge in [-0.3, -0.25) is 9.69 Å². The van der Waals surface area contributed by atoms with Crippen LogP contribution in [0.3, 0.4) is 0 Å². The van der Waals surface area contributed by atoms with E-state index in [1.807, 2.05) is 0 Å². The number of rotatable bonds is 12. The molecule has 47 heavy (non-hydrogen) atoms. The smallest absolute Gasteiger partial charge is 0.254 e. The van der Waals surface area contributed by atoms with Gasteiger partial charge in [0.2, 0.25) is 10.0 Å². The minimum absolute atomic E-state index is 0.0229. The minimum Gasteiger partial charge on any atom is -0.505 e. The largest absolute Gasteiger partial charge is 0.505 e. The van der Waals surface area contributed by atoms with Crippen LogP contribution in [-0.2, 0) is 34.4 Å². The Labute approximate surface area is 282 Å². The molecule has 8 nitrogen and oxygen atoms in total. The summed E-state index contributed by atoms with van der Waals surface area (Å²) in [6.45, 7) is 3.86. The number of hydrogen-bond acceptors (Lipinski definition) is 6. The summed E-state index contributed by atoms with van der Waals surface area (Å²) in [7, 11) is -4.37. The number of halogens is 4. The molecule has 1 saturated heterocycles. The highest BCUT2D eigenvalue weighted by Gasteiger charge is 2.30. The molecule has 1 fully saturated rings. The topological polar surface area (TPSA) is 90.4 Å². The Balaban J connectivity index is 1.39. The first-order chi connectivity index (χ1) is 22.5. The average Bonchev–Trinajstić information content (AvgIpc) is 3.06. The second-order valence-electron chi connectivity index (χ2n) is 11.1. The molecule has 0 radical (unpaired) electrons. The Hall–Kier alpha value is -3.58. The number of sulfonamides is 1. The van der Waals surface area contributed by atoms with Gasteiger partial charge in [0.25, 0.3) is 5.91 Å². The van der Waals surface area contributed by atoms with Crippen molar-refractivity contribution < 1.29 is 31.8 Å². The van der Waals surface area contributed by atoms with Crippen LogP contribution in [0.1, 0.15) is 27.0 Å². The molecular weight excluding hydrogens is 671 g/mol. The zero-order valence-corrected chi connectivity index (χ0v) is 27.6. The fourth-order valence-electron chi connectivity index (χ4n) is 5.19. The molecule has 0 saturated carbocycles. The molecule has 4 aromatic carbocycles. The lowest BCUT2D eigenvalue weighted by molar-refractivity contribution is 0.0320. The van der Waals surface area contributed by atoms with Crippen LogP contribution in [0.25, 0.3) is 0 Å². The molecule has 248 valence electrons. The van der Waals surface area contributed by atoms with Gasteiger partial charge in [0, 0.05) is 56.4 Å². The molecule has 4 aromatic rings. The molecule has 0 aliphatic carbocycles. The number of nitrogens with zero attached hydrogens (tertiary/aromatic N) is 3. The Kier molecular flexibility index (Phi) is 11.5. The molecule has 1 heterocycles. The van der Waals surface area contributed by atoms with E-state index >= 15 is 0 Å². The zero-order chi connectivity index (χ0) is 33.6. The lowest BCUT2D eigenvalue weighted by Gasteiger charge is -2.30. The van der Waals surface area contributed by atoms with Crippen LogP contribution in [0.4, 0.5) is 8.78 Å². The highest BCUT2D eigenvalue weighted by atomic mass is 35.5. The maximum absolute atomic E-state index is 13.9. The molecule has 1 aliphatic heterocycles. The van der Waals surface area contributed by atoms with E-state index in [0.717, 1.165) is 29.0 Å². The Bertz CT molecular complexity index is 1790. The normalized spacial score (nSPS) is 14.0. The van der Waals surface area contributed by atoms with Gasteiger partial charge in [-0.05, 0) is 65.2 Å². The standard InChI is InChI=1S/C34H33Cl2F2N3O5S/c35-28-19-31(36)33(42)32(20-28)47(44,45)41(23-26-5-11-30(38)12-6-26)22-25-1-7-27(8-2-25)34(43)40(14-13-39-15-17-46-18-16-39)21-24-3-9-29(37)10-4-24/h1-12,19-20,42H,13-18,21-23H2. The van der Waals surface area contributed by atoms with Crippen molar-refractivity contribution in [1.29, 1.82) is 0 Å².